The Bertz CT molecular complexity index is 805. The minimum absolute atomic E-state index is 0.283. The molecule has 1 aliphatic rings. The average molecular weight is 387 g/mol. The molecule has 0 bridgehead atoms. The van der Waals surface area contributed by atoms with E-state index in [-0.39, 0.29) is 12.3 Å². The first-order chi connectivity index (χ1) is 11.4. The summed E-state index contributed by atoms with van der Waals surface area (Å²) in [5, 5.41) is 2.69. The van der Waals surface area contributed by atoms with Gasteiger partial charge in [0, 0.05) is 10.0 Å². The molecule has 1 heterocycles. The Morgan fingerprint density at radius 1 is 1.08 bits per heavy atom. The fourth-order valence-corrected chi connectivity index (χ4v) is 2.94. The predicted molar refractivity (Wildman–Crippen MR) is 92.5 cm³/mol. The van der Waals surface area contributed by atoms with E-state index in [0.717, 1.165) is 9.37 Å². The predicted octanol–water partition coefficient (Wildman–Crippen LogP) is 3.10. The molecule has 5 nitrogen and oxygen atoms in total. The molecule has 1 saturated heterocycles. The van der Waals surface area contributed by atoms with E-state index in [9.17, 15) is 14.4 Å². The Hall–Kier alpha value is -2.47. The minimum Gasteiger partial charge on any atom is -0.319 e. The van der Waals surface area contributed by atoms with Crippen molar-refractivity contribution >= 4 is 33.7 Å². The molecule has 1 fully saturated rings. The van der Waals surface area contributed by atoms with Crippen molar-refractivity contribution in [3.8, 4) is 0 Å². The van der Waals surface area contributed by atoms with Crippen LogP contribution in [0.1, 0.15) is 22.8 Å². The van der Waals surface area contributed by atoms with Gasteiger partial charge in [-0.05, 0) is 24.6 Å². The number of ketones is 1. The number of halogens is 1. The highest BCUT2D eigenvalue weighted by molar-refractivity contribution is 9.10. The number of amides is 3. The summed E-state index contributed by atoms with van der Waals surface area (Å²) in [7, 11) is 0. The molecule has 0 spiro atoms. The number of urea groups is 1. The van der Waals surface area contributed by atoms with Crippen LogP contribution in [0.5, 0.6) is 0 Å². The third kappa shape index (κ3) is 2.85. The first kappa shape index (κ1) is 16.4. The van der Waals surface area contributed by atoms with E-state index in [4.69, 9.17) is 0 Å². The zero-order valence-corrected chi connectivity index (χ0v) is 14.5. The van der Waals surface area contributed by atoms with Crippen LogP contribution < -0.4 is 5.32 Å². The number of nitrogens with zero attached hydrogens (tertiary/aromatic N) is 1. The second kappa shape index (κ2) is 6.20. The maximum Gasteiger partial charge on any atom is 0.325 e. The lowest BCUT2D eigenvalue weighted by molar-refractivity contribution is -0.130. The Morgan fingerprint density at radius 2 is 1.71 bits per heavy atom. The van der Waals surface area contributed by atoms with Crippen LogP contribution in [0.15, 0.2) is 59.1 Å². The second-order valence-electron chi connectivity index (χ2n) is 5.74. The molecule has 0 radical (unpaired) electrons. The Labute approximate surface area is 147 Å². The summed E-state index contributed by atoms with van der Waals surface area (Å²) < 4.78 is 0.852. The summed E-state index contributed by atoms with van der Waals surface area (Å²) in [4.78, 5) is 38.3. The zero-order valence-electron chi connectivity index (χ0n) is 13.0. The third-order valence-electron chi connectivity index (χ3n) is 4.09. The zero-order chi connectivity index (χ0) is 17.3. The van der Waals surface area contributed by atoms with Crippen molar-refractivity contribution in [3.63, 3.8) is 0 Å². The van der Waals surface area contributed by atoms with Gasteiger partial charge < -0.3 is 5.32 Å². The molecule has 3 amide bonds. The van der Waals surface area contributed by atoms with Crippen molar-refractivity contribution in [2.24, 2.45) is 0 Å². The number of nitrogens with one attached hydrogen (secondary N) is 1. The molecule has 0 saturated carbocycles. The molecule has 122 valence electrons. The molecule has 2 aromatic carbocycles. The highest BCUT2D eigenvalue weighted by Crippen LogP contribution is 2.28. The van der Waals surface area contributed by atoms with Gasteiger partial charge in [0.2, 0.25) is 0 Å². The van der Waals surface area contributed by atoms with E-state index in [1.165, 1.54) is 0 Å². The van der Waals surface area contributed by atoms with Gasteiger partial charge in [-0.25, -0.2) is 4.79 Å². The maximum atomic E-state index is 12.7. The van der Waals surface area contributed by atoms with E-state index in [1.54, 1.807) is 55.5 Å². The summed E-state index contributed by atoms with van der Waals surface area (Å²) in [6.07, 6.45) is 0. The van der Waals surface area contributed by atoms with Gasteiger partial charge in [-0.3, -0.25) is 14.5 Å². The van der Waals surface area contributed by atoms with Crippen LogP contribution in [-0.2, 0) is 10.3 Å². The van der Waals surface area contributed by atoms with Crippen molar-refractivity contribution in [1.82, 2.24) is 10.2 Å². The molecule has 6 heteroatoms. The lowest BCUT2D eigenvalue weighted by atomic mass is 9.92. The van der Waals surface area contributed by atoms with Gasteiger partial charge >= 0.3 is 6.03 Å². The summed E-state index contributed by atoms with van der Waals surface area (Å²) in [6, 6.07) is 15.2. The highest BCUT2D eigenvalue weighted by atomic mass is 79.9. The Kier molecular flexibility index (Phi) is 4.24. The largest absolute Gasteiger partial charge is 0.325 e. The molecule has 0 aromatic heterocycles. The molecule has 1 N–H and O–H groups in total. The van der Waals surface area contributed by atoms with Crippen molar-refractivity contribution < 1.29 is 14.4 Å². The number of Topliss-reactive ketones (excluding diaryl/α,β-unsaturated/α-hetero) is 1. The molecule has 0 unspecified atom stereocenters. The van der Waals surface area contributed by atoms with E-state index in [0.29, 0.717) is 11.1 Å². The molecule has 3 rings (SSSR count). The van der Waals surface area contributed by atoms with Crippen molar-refractivity contribution in [2.75, 3.05) is 6.54 Å². The van der Waals surface area contributed by atoms with Gasteiger partial charge in [0.15, 0.2) is 5.78 Å². The quantitative estimate of drug-likeness (QED) is 0.648. The van der Waals surface area contributed by atoms with Crippen LogP contribution in [-0.4, -0.2) is 29.2 Å². The third-order valence-corrected chi connectivity index (χ3v) is 4.62. The fourth-order valence-electron chi connectivity index (χ4n) is 2.68. The van der Waals surface area contributed by atoms with Gasteiger partial charge in [0.25, 0.3) is 5.91 Å². The van der Waals surface area contributed by atoms with Gasteiger partial charge in [-0.1, -0.05) is 58.4 Å². The van der Waals surface area contributed by atoms with Crippen LogP contribution in [0, 0.1) is 0 Å². The first-order valence-corrected chi connectivity index (χ1v) is 8.19. The van der Waals surface area contributed by atoms with Crippen LogP contribution >= 0.6 is 15.9 Å². The topological polar surface area (TPSA) is 66.5 Å². The molecule has 0 aliphatic carbocycles. The van der Waals surface area contributed by atoms with Crippen LogP contribution in [0.25, 0.3) is 0 Å². The van der Waals surface area contributed by atoms with Crippen molar-refractivity contribution in [1.29, 1.82) is 0 Å². The van der Waals surface area contributed by atoms with Gasteiger partial charge in [0.05, 0.1) is 6.54 Å². The molecule has 2 aromatic rings. The van der Waals surface area contributed by atoms with Gasteiger partial charge in [-0.2, -0.15) is 0 Å². The smallest absolute Gasteiger partial charge is 0.319 e. The molecule has 24 heavy (non-hydrogen) atoms. The SMILES string of the molecule is C[C@]1(c2ccccc2)NC(=O)N(CC(=O)c2ccc(Br)cc2)C1=O. The molecule has 1 aliphatic heterocycles. The number of carbonyl (C=O) groups is 3. The summed E-state index contributed by atoms with van der Waals surface area (Å²) in [5.74, 6) is -0.715. The Morgan fingerprint density at radius 3 is 2.33 bits per heavy atom. The number of carbonyl (C=O) groups excluding carboxylic acids is 3. The number of rotatable bonds is 4. The van der Waals surface area contributed by atoms with Gasteiger partial charge in [0.1, 0.15) is 5.54 Å². The number of benzene rings is 2. The monoisotopic (exact) mass is 386 g/mol. The second-order valence-corrected chi connectivity index (χ2v) is 6.66. The number of hydrogen-bond acceptors (Lipinski definition) is 3. The molecular weight excluding hydrogens is 372 g/mol. The number of hydrogen-bond donors (Lipinski definition) is 1. The minimum atomic E-state index is -1.15. The lowest BCUT2D eigenvalue weighted by Crippen LogP contribution is -2.41. The highest BCUT2D eigenvalue weighted by Gasteiger charge is 2.49. The van der Waals surface area contributed by atoms with E-state index in [1.807, 2.05) is 6.07 Å². The van der Waals surface area contributed by atoms with Crippen LogP contribution in [0.2, 0.25) is 0 Å². The average Bonchev–Trinajstić information content (AvgIpc) is 2.80. The summed E-state index contributed by atoms with van der Waals surface area (Å²) in [6.45, 7) is 1.36. The van der Waals surface area contributed by atoms with Gasteiger partial charge in [-0.15, -0.1) is 0 Å². The normalized spacial score (nSPS) is 20.2. The van der Waals surface area contributed by atoms with E-state index >= 15 is 0 Å². The first-order valence-electron chi connectivity index (χ1n) is 7.40. The number of imide groups is 1. The lowest BCUT2D eigenvalue weighted by Gasteiger charge is -2.22. The summed E-state index contributed by atoms with van der Waals surface area (Å²) >= 11 is 3.30. The van der Waals surface area contributed by atoms with E-state index < -0.39 is 17.5 Å². The summed E-state index contributed by atoms with van der Waals surface area (Å²) in [5.41, 5.74) is -0.0210. The molecule has 1 atom stereocenters. The Balaban J connectivity index is 1.82. The van der Waals surface area contributed by atoms with Crippen LogP contribution in [0.4, 0.5) is 4.79 Å². The standard InChI is InChI=1S/C18H15BrN2O3/c1-18(13-5-3-2-4-6-13)16(23)21(17(24)20-18)11-15(22)12-7-9-14(19)10-8-12/h2-10H,11H2,1H3,(H,20,24)/t18-/m1/s1. The maximum absolute atomic E-state index is 12.7. The fraction of sp³-hybridized carbons (Fsp3) is 0.167. The molecular formula is C18H15BrN2O3. The van der Waals surface area contributed by atoms with Crippen LogP contribution in [0.3, 0.4) is 0 Å². The van der Waals surface area contributed by atoms with Crippen molar-refractivity contribution in [2.45, 2.75) is 12.5 Å². The van der Waals surface area contributed by atoms with Crippen molar-refractivity contribution in [3.05, 3.63) is 70.2 Å². The van der Waals surface area contributed by atoms with E-state index in [2.05, 4.69) is 21.2 Å².